The average Bonchev–Trinajstić information content (AvgIpc) is 2.92. The fourth-order valence-electron chi connectivity index (χ4n) is 3.62. The van der Waals surface area contributed by atoms with Crippen LogP contribution < -0.4 is 5.32 Å². The molecule has 0 atom stereocenters. The Kier molecular flexibility index (Phi) is 5.56. The number of rotatable bonds is 4. The van der Waals surface area contributed by atoms with Gasteiger partial charge in [-0.3, -0.25) is 4.79 Å². The minimum atomic E-state index is -0.307. The summed E-state index contributed by atoms with van der Waals surface area (Å²) in [5, 5.41) is 3.74. The molecule has 1 amide bonds. The molecule has 5 nitrogen and oxygen atoms in total. The number of likely N-dealkylation sites (N-methyl/N-ethyl adjacent to an activating group) is 1. The van der Waals surface area contributed by atoms with Gasteiger partial charge in [0.2, 0.25) is 5.91 Å². The summed E-state index contributed by atoms with van der Waals surface area (Å²) in [5.74, 6) is -0.165. The predicted molar refractivity (Wildman–Crippen MR) is 95.5 cm³/mol. The molecule has 0 bridgehead atoms. The number of anilines is 1. The number of esters is 1. The van der Waals surface area contributed by atoms with Gasteiger partial charge in [-0.05, 0) is 38.8 Å². The Bertz CT molecular complexity index is 620. The molecule has 3 rings (SSSR count). The number of carbonyl (C=O) groups excluding carboxylic acids is 2. The minimum absolute atomic E-state index is 0.0622. The number of carbonyl (C=O) groups is 2. The standard InChI is InChI=1S/C18H26N2O3S/c1-3-23-18(22)15-13-9-10-20(2)11-14(13)24-17(15)19-16(21)12-7-5-4-6-8-12/h12H,3-11H2,1-2H3,(H,19,21). The zero-order valence-corrected chi connectivity index (χ0v) is 15.3. The molecule has 1 fully saturated rings. The zero-order valence-electron chi connectivity index (χ0n) is 14.5. The largest absolute Gasteiger partial charge is 0.462 e. The van der Waals surface area contributed by atoms with E-state index in [0.29, 0.717) is 17.2 Å². The van der Waals surface area contributed by atoms with Gasteiger partial charge < -0.3 is 15.0 Å². The number of hydrogen-bond acceptors (Lipinski definition) is 5. The number of hydrogen-bond donors (Lipinski definition) is 1. The van der Waals surface area contributed by atoms with Gasteiger partial charge in [-0.1, -0.05) is 19.3 Å². The Balaban J connectivity index is 1.85. The van der Waals surface area contributed by atoms with Crippen molar-refractivity contribution in [3.05, 3.63) is 16.0 Å². The van der Waals surface area contributed by atoms with E-state index in [0.717, 1.165) is 50.8 Å². The van der Waals surface area contributed by atoms with Crippen molar-refractivity contribution < 1.29 is 14.3 Å². The number of ether oxygens (including phenoxy) is 1. The van der Waals surface area contributed by atoms with Crippen molar-refractivity contribution in [1.29, 1.82) is 0 Å². The quantitative estimate of drug-likeness (QED) is 0.845. The molecule has 1 N–H and O–H groups in total. The third-order valence-electron chi connectivity index (χ3n) is 4.94. The van der Waals surface area contributed by atoms with Gasteiger partial charge in [0.05, 0.1) is 12.2 Å². The highest BCUT2D eigenvalue weighted by Crippen LogP contribution is 2.38. The van der Waals surface area contributed by atoms with Crippen LogP contribution in [-0.2, 0) is 22.5 Å². The van der Waals surface area contributed by atoms with Crippen LogP contribution in [0.3, 0.4) is 0 Å². The summed E-state index contributed by atoms with van der Waals surface area (Å²) in [7, 11) is 2.08. The average molecular weight is 350 g/mol. The monoisotopic (exact) mass is 350 g/mol. The molecule has 1 aliphatic heterocycles. The Labute approximate surface area is 147 Å². The van der Waals surface area contributed by atoms with Gasteiger partial charge in [-0.15, -0.1) is 11.3 Å². The number of fused-ring (bicyclic) bond motifs is 1. The van der Waals surface area contributed by atoms with Crippen LogP contribution in [-0.4, -0.2) is 37.0 Å². The van der Waals surface area contributed by atoms with E-state index in [4.69, 9.17) is 4.74 Å². The molecule has 132 valence electrons. The van der Waals surface area contributed by atoms with Crippen molar-refractivity contribution >= 4 is 28.2 Å². The molecule has 0 unspecified atom stereocenters. The maximum absolute atomic E-state index is 12.6. The van der Waals surface area contributed by atoms with Gasteiger partial charge in [-0.25, -0.2) is 4.79 Å². The summed E-state index contributed by atoms with van der Waals surface area (Å²) in [4.78, 5) is 28.5. The van der Waals surface area contributed by atoms with Crippen LogP contribution in [0.5, 0.6) is 0 Å². The Morgan fingerprint density at radius 2 is 2.04 bits per heavy atom. The first kappa shape index (κ1) is 17.4. The van der Waals surface area contributed by atoms with Crippen molar-refractivity contribution in [3.63, 3.8) is 0 Å². The van der Waals surface area contributed by atoms with E-state index in [2.05, 4.69) is 17.3 Å². The van der Waals surface area contributed by atoms with E-state index in [9.17, 15) is 9.59 Å². The smallest absolute Gasteiger partial charge is 0.341 e. The molecular formula is C18H26N2O3S. The van der Waals surface area contributed by atoms with Crippen molar-refractivity contribution in [2.24, 2.45) is 5.92 Å². The molecule has 1 aliphatic carbocycles. The summed E-state index contributed by atoms with van der Waals surface area (Å²) in [5.41, 5.74) is 1.66. The van der Waals surface area contributed by atoms with E-state index >= 15 is 0 Å². The second-order valence-corrected chi connectivity index (χ2v) is 7.85. The molecule has 1 aromatic heterocycles. The number of amides is 1. The molecule has 0 saturated heterocycles. The van der Waals surface area contributed by atoms with Crippen LogP contribution >= 0.6 is 11.3 Å². The highest BCUT2D eigenvalue weighted by Gasteiger charge is 2.30. The molecule has 2 heterocycles. The normalized spacial score (nSPS) is 18.9. The first-order valence-corrected chi connectivity index (χ1v) is 9.72. The number of thiophene rings is 1. The SMILES string of the molecule is CCOC(=O)c1c(NC(=O)C2CCCCC2)sc2c1CCN(C)C2. The second-order valence-electron chi connectivity index (χ2n) is 6.74. The molecule has 1 aromatic rings. The first-order valence-electron chi connectivity index (χ1n) is 8.91. The Hall–Kier alpha value is -1.40. The Morgan fingerprint density at radius 3 is 2.75 bits per heavy atom. The fourth-order valence-corrected chi connectivity index (χ4v) is 4.94. The van der Waals surface area contributed by atoms with Gasteiger partial charge in [0.1, 0.15) is 5.00 Å². The lowest BCUT2D eigenvalue weighted by atomic mass is 9.88. The third-order valence-corrected chi connectivity index (χ3v) is 6.07. The zero-order chi connectivity index (χ0) is 17.1. The molecule has 6 heteroatoms. The number of nitrogens with zero attached hydrogens (tertiary/aromatic N) is 1. The van der Waals surface area contributed by atoms with E-state index in [1.54, 1.807) is 0 Å². The van der Waals surface area contributed by atoms with Crippen molar-refractivity contribution in [1.82, 2.24) is 4.90 Å². The lowest BCUT2D eigenvalue weighted by Gasteiger charge is -2.22. The van der Waals surface area contributed by atoms with Gasteiger partial charge >= 0.3 is 5.97 Å². The van der Waals surface area contributed by atoms with Crippen molar-refractivity contribution in [2.75, 3.05) is 25.5 Å². The Morgan fingerprint density at radius 1 is 1.29 bits per heavy atom. The van der Waals surface area contributed by atoms with Crippen molar-refractivity contribution in [2.45, 2.75) is 52.0 Å². The topological polar surface area (TPSA) is 58.6 Å². The van der Waals surface area contributed by atoms with Crippen LogP contribution in [0.4, 0.5) is 5.00 Å². The highest BCUT2D eigenvalue weighted by atomic mass is 32.1. The lowest BCUT2D eigenvalue weighted by molar-refractivity contribution is -0.120. The minimum Gasteiger partial charge on any atom is -0.462 e. The summed E-state index contributed by atoms with van der Waals surface area (Å²) in [6, 6.07) is 0. The molecule has 24 heavy (non-hydrogen) atoms. The molecule has 0 aromatic carbocycles. The van der Waals surface area contributed by atoms with Crippen LogP contribution in [0.15, 0.2) is 0 Å². The third kappa shape index (κ3) is 3.64. The van der Waals surface area contributed by atoms with E-state index in [-0.39, 0.29) is 17.8 Å². The molecule has 2 aliphatic rings. The molecule has 0 radical (unpaired) electrons. The molecular weight excluding hydrogens is 324 g/mol. The summed E-state index contributed by atoms with van der Waals surface area (Å²) in [6.07, 6.45) is 6.19. The second kappa shape index (κ2) is 7.66. The van der Waals surface area contributed by atoms with Gasteiger partial charge in [-0.2, -0.15) is 0 Å². The van der Waals surface area contributed by atoms with Crippen LogP contribution in [0.1, 0.15) is 59.8 Å². The highest BCUT2D eigenvalue weighted by molar-refractivity contribution is 7.17. The van der Waals surface area contributed by atoms with E-state index in [1.807, 2.05) is 6.92 Å². The summed E-state index contributed by atoms with van der Waals surface area (Å²) < 4.78 is 5.25. The lowest BCUT2D eigenvalue weighted by Crippen LogP contribution is -2.27. The maximum Gasteiger partial charge on any atom is 0.341 e. The van der Waals surface area contributed by atoms with Gasteiger partial charge in [0, 0.05) is 23.9 Å². The van der Waals surface area contributed by atoms with E-state index < -0.39 is 0 Å². The summed E-state index contributed by atoms with van der Waals surface area (Å²) >= 11 is 1.54. The predicted octanol–water partition coefficient (Wildman–Crippen LogP) is 3.43. The van der Waals surface area contributed by atoms with Crippen LogP contribution in [0.2, 0.25) is 0 Å². The summed E-state index contributed by atoms with van der Waals surface area (Å²) in [6.45, 7) is 3.90. The van der Waals surface area contributed by atoms with Crippen molar-refractivity contribution in [3.8, 4) is 0 Å². The maximum atomic E-state index is 12.6. The van der Waals surface area contributed by atoms with Gasteiger partial charge in [0.15, 0.2) is 0 Å². The van der Waals surface area contributed by atoms with E-state index in [1.165, 1.54) is 22.6 Å². The first-order chi connectivity index (χ1) is 11.6. The van der Waals surface area contributed by atoms with Crippen LogP contribution in [0.25, 0.3) is 0 Å². The molecule has 1 saturated carbocycles. The van der Waals surface area contributed by atoms with Gasteiger partial charge in [0.25, 0.3) is 0 Å². The molecule has 0 spiro atoms. The number of nitrogens with one attached hydrogen (secondary N) is 1. The fraction of sp³-hybridized carbons (Fsp3) is 0.667. The van der Waals surface area contributed by atoms with Crippen LogP contribution in [0, 0.1) is 5.92 Å².